The van der Waals surface area contributed by atoms with E-state index in [0.717, 1.165) is 7.11 Å². The molecule has 0 amide bonds. The lowest BCUT2D eigenvalue weighted by Crippen LogP contribution is -2.29. The smallest absolute Gasteiger partial charge is 0.412 e. The standard InChI is InChI=1S/C10H15F6O5P/c1-3-4-7(8(17)19-2)22(18,20-5-9(11,12)13)21-6-10(14,15)16/h7H,3-6H2,1-2H3/t7-/m1/s1. The Morgan fingerprint density at radius 3 is 1.73 bits per heavy atom. The quantitative estimate of drug-likeness (QED) is 0.375. The van der Waals surface area contributed by atoms with Gasteiger partial charge in [-0.05, 0) is 6.42 Å². The van der Waals surface area contributed by atoms with Gasteiger partial charge in [-0.3, -0.25) is 18.4 Å². The number of carbonyl (C=O) groups excluding carboxylic acids is 1. The van der Waals surface area contributed by atoms with Crippen molar-refractivity contribution in [3.05, 3.63) is 0 Å². The number of esters is 1. The Kier molecular flexibility index (Phi) is 7.87. The molecule has 0 aliphatic heterocycles. The van der Waals surface area contributed by atoms with Gasteiger partial charge in [0.05, 0.1) is 7.11 Å². The molecule has 0 unspecified atom stereocenters. The van der Waals surface area contributed by atoms with Crippen molar-refractivity contribution < 1.29 is 49.5 Å². The highest BCUT2D eigenvalue weighted by Gasteiger charge is 2.46. The minimum atomic E-state index is -5.03. The molecular formula is C10H15F6O5P. The summed E-state index contributed by atoms with van der Waals surface area (Å²) in [5.74, 6) is -1.27. The van der Waals surface area contributed by atoms with Crippen LogP contribution in [0.25, 0.3) is 0 Å². The summed E-state index contributed by atoms with van der Waals surface area (Å²) >= 11 is 0. The molecule has 0 aromatic carbocycles. The first-order valence-electron chi connectivity index (χ1n) is 5.94. The average molecular weight is 360 g/mol. The first kappa shape index (κ1) is 21.2. The molecule has 1 atom stereocenters. The highest BCUT2D eigenvalue weighted by atomic mass is 31.2. The van der Waals surface area contributed by atoms with E-state index in [2.05, 4.69) is 13.8 Å². The second-order valence-corrected chi connectivity index (χ2v) is 6.36. The van der Waals surface area contributed by atoms with Crippen LogP contribution in [0.15, 0.2) is 0 Å². The van der Waals surface area contributed by atoms with Gasteiger partial charge in [0, 0.05) is 0 Å². The van der Waals surface area contributed by atoms with Crippen molar-refractivity contribution in [1.29, 1.82) is 0 Å². The van der Waals surface area contributed by atoms with Crippen molar-refractivity contribution in [2.24, 2.45) is 0 Å². The van der Waals surface area contributed by atoms with Crippen LogP contribution < -0.4 is 0 Å². The Balaban J connectivity index is 5.34. The molecule has 0 N–H and O–H groups in total. The maximum absolute atomic E-state index is 12.3. The molecule has 0 spiro atoms. The van der Waals surface area contributed by atoms with Crippen LogP contribution in [0.5, 0.6) is 0 Å². The zero-order valence-electron chi connectivity index (χ0n) is 11.7. The summed E-state index contributed by atoms with van der Waals surface area (Å²) in [7, 11) is -4.18. The molecule has 0 radical (unpaired) electrons. The van der Waals surface area contributed by atoms with Gasteiger partial charge in [0.1, 0.15) is 0 Å². The lowest BCUT2D eigenvalue weighted by atomic mass is 10.2. The third-order valence-corrected chi connectivity index (χ3v) is 4.44. The number of hydrogen-bond acceptors (Lipinski definition) is 5. The van der Waals surface area contributed by atoms with E-state index in [9.17, 15) is 35.7 Å². The Labute approximate surface area is 122 Å². The van der Waals surface area contributed by atoms with E-state index in [1.54, 1.807) is 0 Å². The summed E-state index contributed by atoms with van der Waals surface area (Å²) in [5, 5.41) is 0. The van der Waals surface area contributed by atoms with Crippen molar-refractivity contribution >= 4 is 13.6 Å². The summed E-state index contributed by atoms with van der Waals surface area (Å²) in [5.41, 5.74) is -1.87. The predicted molar refractivity (Wildman–Crippen MR) is 62.3 cm³/mol. The van der Waals surface area contributed by atoms with E-state index in [1.165, 1.54) is 6.92 Å². The number of methoxy groups -OCH3 is 1. The summed E-state index contributed by atoms with van der Waals surface area (Å²) in [6, 6.07) is 0. The first-order valence-corrected chi connectivity index (χ1v) is 7.56. The van der Waals surface area contributed by atoms with Crippen molar-refractivity contribution in [1.82, 2.24) is 0 Å². The van der Waals surface area contributed by atoms with Gasteiger partial charge in [0.15, 0.2) is 18.9 Å². The van der Waals surface area contributed by atoms with Crippen LogP contribution >= 0.6 is 7.60 Å². The van der Waals surface area contributed by atoms with E-state index < -0.39 is 44.8 Å². The first-order chi connectivity index (χ1) is 9.84. The molecule has 0 aliphatic rings. The molecule has 0 rings (SSSR count). The second-order valence-electron chi connectivity index (χ2n) is 4.14. The zero-order chi connectivity index (χ0) is 17.6. The molecular weight excluding hydrogens is 345 g/mol. The van der Waals surface area contributed by atoms with E-state index in [0.29, 0.717) is 0 Å². The Hall–Kier alpha value is -0.800. The van der Waals surface area contributed by atoms with Gasteiger partial charge in [-0.15, -0.1) is 0 Å². The predicted octanol–water partition coefficient (Wildman–Crippen LogP) is 3.68. The average Bonchev–Trinajstić information content (AvgIpc) is 2.38. The largest absolute Gasteiger partial charge is 0.468 e. The third kappa shape index (κ3) is 8.00. The topological polar surface area (TPSA) is 61.8 Å². The summed E-state index contributed by atoms with van der Waals surface area (Å²) in [6.45, 7) is -2.74. The molecule has 132 valence electrons. The summed E-state index contributed by atoms with van der Waals surface area (Å²) in [6.07, 6.45) is -10.1. The van der Waals surface area contributed by atoms with Crippen molar-refractivity contribution in [3.8, 4) is 0 Å². The second kappa shape index (κ2) is 8.16. The van der Waals surface area contributed by atoms with E-state index in [-0.39, 0.29) is 12.8 Å². The van der Waals surface area contributed by atoms with Crippen LogP contribution in [0.2, 0.25) is 0 Å². The lowest BCUT2D eigenvalue weighted by molar-refractivity contribution is -0.167. The fourth-order valence-electron chi connectivity index (χ4n) is 1.36. The highest BCUT2D eigenvalue weighted by Crippen LogP contribution is 2.56. The number of halogens is 6. The number of alkyl halides is 6. The highest BCUT2D eigenvalue weighted by molar-refractivity contribution is 7.55. The molecule has 12 heteroatoms. The summed E-state index contributed by atoms with van der Waals surface area (Å²) in [4.78, 5) is 11.5. The Morgan fingerprint density at radius 2 is 1.45 bits per heavy atom. The van der Waals surface area contributed by atoms with Gasteiger partial charge in [0.25, 0.3) is 0 Å². The van der Waals surface area contributed by atoms with Crippen molar-refractivity contribution in [2.45, 2.75) is 37.8 Å². The minimum absolute atomic E-state index is 0.133. The van der Waals surface area contributed by atoms with Gasteiger partial charge < -0.3 is 4.74 Å². The van der Waals surface area contributed by atoms with Crippen LogP contribution in [-0.4, -0.2) is 44.3 Å². The van der Waals surface area contributed by atoms with Crippen LogP contribution in [0.3, 0.4) is 0 Å². The molecule has 0 aromatic rings. The molecule has 0 aliphatic carbocycles. The van der Waals surface area contributed by atoms with Crippen LogP contribution in [0.4, 0.5) is 26.3 Å². The van der Waals surface area contributed by atoms with Crippen LogP contribution in [0, 0.1) is 0 Å². The zero-order valence-corrected chi connectivity index (χ0v) is 12.6. The monoisotopic (exact) mass is 360 g/mol. The normalized spacial score (nSPS) is 14.7. The molecule has 0 bridgehead atoms. The molecule has 0 heterocycles. The fraction of sp³-hybridized carbons (Fsp3) is 0.900. The van der Waals surface area contributed by atoms with Gasteiger partial charge in [-0.25, -0.2) is 0 Å². The lowest BCUT2D eigenvalue weighted by Gasteiger charge is -2.25. The van der Waals surface area contributed by atoms with Gasteiger partial charge in [-0.2, -0.15) is 26.3 Å². The molecule has 5 nitrogen and oxygen atoms in total. The van der Waals surface area contributed by atoms with Crippen molar-refractivity contribution in [3.63, 3.8) is 0 Å². The van der Waals surface area contributed by atoms with Crippen molar-refractivity contribution in [2.75, 3.05) is 20.3 Å². The SMILES string of the molecule is CCC[C@H](C(=O)OC)P(=O)(OCC(F)(F)F)OCC(F)(F)F. The fourth-order valence-corrected chi connectivity index (χ4v) is 3.38. The van der Waals surface area contributed by atoms with E-state index in [1.807, 2.05) is 0 Å². The molecule has 0 saturated heterocycles. The Bertz CT molecular complexity index is 386. The number of ether oxygens (including phenoxy) is 1. The van der Waals surface area contributed by atoms with Gasteiger partial charge >= 0.3 is 25.9 Å². The maximum atomic E-state index is 12.3. The maximum Gasteiger partial charge on any atom is 0.412 e. The van der Waals surface area contributed by atoms with E-state index in [4.69, 9.17) is 0 Å². The number of hydrogen-bond donors (Lipinski definition) is 0. The molecule has 0 saturated carbocycles. The van der Waals surface area contributed by atoms with Gasteiger partial charge in [-0.1, -0.05) is 13.3 Å². The number of rotatable bonds is 8. The third-order valence-electron chi connectivity index (χ3n) is 2.23. The molecule has 0 aromatic heterocycles. The van der Waals surface area contributed by atoms with E-state index >= 15 is 0 Å². The molecule has 22 heavy (non-hydrogen) atoms. The molecule has 0 fully saturated rings. The van der Waals surface area contributed by atoms with Crippen LogP contribution in [0.1, 0.15) is 19.8 Å². The number of carbonyl (C=O) groups is 1. The summed E-state index contributed by atoms with van der Waals surface area (Å²) < 4.78 is 97.5. The minimum Gasteiger partial charge on any atom is -0.468 e. The Morgan fingerprint density at radius 1 is 1.05 bits per heavy atom. The van der Waals surface area contributed by atoms with Crippen LogP contribution in [-0.2, 0) is 23.1 Å². The van der Waals surface area contributed by atoms with Gasteiger partial charge in [0.2, 0.25) is 0 Å².